The maximum absolute atomic E-state index is 13.7. The summed E-state index contributed by atoms with van der Waals surface area (Å²) in [6, 6.07) is 2.78. The fourth-order valence-corrected chi connectivity index (χ4v) is 5.09. The maximum Gasteiger partial charge on any atom is 0.279 e. The summed E-state index contributed by atoms with van der Waals surface area (Å²) in [6.07, 6.45) is 1.40. The van der Waals surface area contributed by atoms with Gasteiger partial charge in [-0.2, -0.15) is 12.7 Å². The van der Waals surface area contributed by atoms with Gasteiger partial charge in [-0.05, 0) is 42.4 Å². The van der Waals surface area contributed by atoms with Crippen LogP contribution in [0, 0.1) is 17.7 Å². The van der Waals surface area contributed by atoms with Crippen molar-refractivity contribution in [2.45, 2.75) is 33.3 Å². The van der Waals surface area contributed by atoms with Gasteiger partial charge < -0.3 is 9.47 Å². The fraction of sp³-hybridized carbons (Fsp3) is 0.647. The molecule has 2 heterocycles. The molecule has 0 radical (unpaired) electrons. The highest BCUT2D eigenvalue weighted by atomic mass is 32.2. The lowest BCUT2D eigenvalue weighted by atomic mass is 9.94. The predicted molar refractivity (Wildman–Crippen MR) is 91.8 cm³/mol. The summed E-state index contributed by atoms with van der Waals surface area (Å²) in [5, 5.41) is 0. The molecule has 1 aromatic rings. The Balaban J connectivity index is 1.64. The van der Waals surface area contributed by atoms with E-state index in [-0.39, 0.29) is 19.2 Å². The molecule has 2 atom stereocenters. The number of hydrogen-bond acceptors (Lipinski definition) is 4. The van der Waals surface area contributed by atoms with Gasteiger partial charge in [-0.25, -0.2) is 9.11 Å². The third-order valence-electron chi connectivity index (χ3n) is 4.61. The quantitative estimate of drug-likeness (QED) is 0.859. The summed E-state index contributed by atoms with van der Waals surface area (Å²) in [6.45, 7) is 5.83. The Morgan fingerprint density at radius 1 is 1.28 bits per heavy atom. The molecule has 1 N–H and O–H groups in total. The molecule has 8 heteroatoms. The van der Waals surface area contributed by atoms with E-state index in [1.54, 1.807) is 0 Å². The molecule has 2 aliphatic rings. The zero-order valence-corrected chi connectivity index (χ0v) is 15.4. The molecule has 140 valence electrons. The average molecular weight is 372 g/mol. The van der Waals surface area contributed by atoms with Crippen molar-refractivity contribution in [3.05, 3.63) is 29.1 Å². The number of benzene rings is 1. The van der Waals surface area contributed by atoms with Gasteiger partial charge in [0.1, 0.15) is 11.6 Å². The smallest absolute Gasteiger partial charge is 0.279 e. The van der Waals surface area contributed by atoms with Crippen LogP contribution in [0.3, 0.4) is 0 Å². The van der Waals surface area contributed by atoms with Gasteiger partial charge in [0.2, 0.25) is 0 Å². The van der Waals surface area contributed by atoms with E-state index < -0.39 is 10.2 Å². The van der Waals surface area contributed by atoms with E-state index in [1.165, 1.54) is 16.4 Å². The van der Waals surface area contributed by atoms with Crippen LogP contribution < -0.4 is 9.46 Å². The third kappa shape index (κ3) is 4.49. The first-order valence-corrected chi connectivity index (χ1v) is 10.1. The van der Waals surface area contributed by atoms with Crippen LogP contribution >= 0.6 is 0 Å². The first kappa shape index (κ1) is 18.6. The number of nitrogens with one attached hydrogen (secondary N) is 1. The molecular formula is C17H25FN2O4S. The Morgan fingerprint density at radius 2 is 2.00 bits per heavy atom. The molecule has 0 saturated carbocycles. The Labute approximate surface area is 148 Å². The highest BCUT2D eigenvalue weighted by Gasteiger charge is 2.30. The molecule has 3 rings (SSSR count). The lowest BCUT2D eigenvalue weighted by Gasteiger charge is -2.34. The van der Waals surface area contributed by atoms with Crippen molar-refractivity contribution in [1.82, 2.24) is 9.03 Å². The van der Waals surface area contributed by atoms with Crippen molar-refractivity contribution in [3.63, 3.8) is 0 Å². The van der Waals surface area contributed by atoms with Crippen LogP contribution in [0.4, 0.5) is 4.39 Å². The van der Waals surface area contributed by atoms with Crippen molar-refractivity contribution < 1.29 is 22.3 Å². The predicted octanol–water partition coefficient (Wildman–Crippen LogP) is 2.05. The van der Waals surface area contributed by atoms with Gasteiger partial charge in [-0.15, -0.1) is 0 Å². The monoisotopic (exact) mass is 372 g/mol. The molecule has 1 fully saturated rings. The van der Waals surface area contributed by atoms with Crippen LogP contribution in [0.25, 0.3) is 0 Å². The number of nitrogens with zero attached hydrogens (tertiary/aromatic N) is 1. The minimum Gasteiger partial charge on any atom is -0.467 e. The number of fused-ring (bicyclic) bond motifs is 1. The summed E-state index contributed by atoms with van der Waals surface area (Å²) in [4.78, 5) is 0. The van der Waals surface area contributed by atoms with Crippen LogP contribution in [0.2, 0.25) is 0 Å². The van der Waals surface area contributed by atoms with E-state index in [0.29, 0.717) is 54.8 Å². The SMILES string of the molecule is C[C@@H]1C[C@@H](C)CN(S(=O)(=O)NCCc2cc(F)cc3c2OCOC3)C1. The zero-order valence-electron chi connectivity index (χ0n) is 14.6. The lowest BCUT2D eigenvalue weighted by molar-refractivity contribution is -0.0172. The molecule has 0 aliphatic carbocycles. The molecule has 1 saturated heterocycles. The molecule has 1 aromatic carbocycles. The minimum atomic E-state index is -3.53. The van der Waals surface area contributed by atoms with Crippen molar-refractivity contribution in [2.24, 2.45) is 11.8 Å². The second-order valence-corrected chi connectivity index (χ2v) is 8.83. The van der Waals surface area contributed by atoms with Crippen molar-refractivity contribution in [2.75, 3.05) is 26.4 Å². The minimum absolute atomic E-state index is 0.126. The Bertz CT molecular complexity index is 716. The molecule has 0 unspecified atom stereocenters. The van der Waals surface area contributed by atoms with E-state index in [4.69, 9.17) is 9.47 Å². The van der Waals surface area contributed by atoms with Gasteiger partial charge in [-0.3, -0.25) is 0 Å². The number of halogens is 1. The Hall–Kier alpha value is -1.22. The van der Waals surface area contributed by atoms with Gasteiger partial charge in [0.15, 0.2) is 6.79 Å². The molecule has 0 aromatic heterocycles. The van der Waals surface area contributed by atoms with E-state index in [9.17, 15) is 12.8 Å². The average Bonchev–Trinajstić information content (AvgIpc) is 2.53. The van der Waals surface area contributed by atoms with Crippen molar-refractivity contribution in [3.8, 4) is 5.75 Å². The van der Waals surface area contributed by atoms with Crippen LogP contribution in [-0.2, 0) is 28.0 Å². The summed E-state index contributed by atoms with van der Waals surface area (Å²) in [5.74, 6) is 0.935. The maximum atomic E-state index is 13.7. The normalized spacial score (nSPS) is 24.6. The Morgan fingerprint density at radius 3 is 2.72 bits per heavy atom. The summed E-state index contributed by atoms with van der Waals surface area (Å²) in [7, 11) is -3.53. The molecule has 2 aliphatic heterocycles. The zero-order chi connectivity index (χ0) is 18.0. The first-order chi connectivity index (χ1) is 11.8. The first-order valence-electron chi connectivity index (χ1n) is 8.61. The third-order valence-corrected chi connectivity index (χ3v) is 6.15. The summed E-state index contributed by atoms with van der Waals surface area (Å²) in [5.41, 5.74) is 1.31. The fourth-order valence-electron chi connectivity index (χ4n) is 3.65. The highest BCUT2D eigenvalue weighted by molar-refractivity contribution is 7.87. The second-order valence-electron chi connectivity index (χ2n) is 7.08. The topological polar surface area (TPSA) is 67.9 Å². The van der Waals surface area contributed by atoms with E-state index >= 15 is 0 Å². The molecule has 25 heavy (non-hydrogen) atoms. The number of piperidine rings is 1. The molecule has 0 bridgehead atoms. The van der Waals surface area contributed by atoms with E-state index in [1.807, 2.05) is 0 Å². The molecule has 0 amide bonds. The molecule has 6 nitrogen and oxygen atoms in total. The van der Waals surface area contributed by atoms with Crippen LogP contribution in [0.5, 0.6) is 5.75 Å². The number of rotatable bonds is 5. The van der Waals surface area contributed by atoms with Gasteiger partial charge in [0.25, 0.3) is 10.2 Å². The number of hydrogen-bond donors (Lipinski definition) is 1. The van der Waals surface area contributed by atoms with Gasteiger partial charge in [0.05, 0.1) is 6.61 Å². The van der Waals surface area contributed by atoms with Gasteiger partial charge in [0, 0.05) is 25.2 Å². The van der Waals surface area contributed by atoms with E-state index in [0.717, 1.165) is 6.42 Å². The second kappa shape index (κ2) is 7.57. The highest BCUT2D eigenvalue weighted by Crippen LogP contribution is 2.29. The van der Waals surface area contributed by atoms with Crippen LogP contribution in [-0.4, -0.2) is 39.2 Å². The van der Waals surface area contributed by atoms with Gasteiger partial charge in [-0.1, -0.05) is 13.8 Å². The Kier molecular flexibility index (Phi) is 5.62. The van der Waals surface area contributed by atoms with Crippen molar-refractivity contribution >= 4 is 10.2 Å². The van der Waals surface area contributed by atoms with Crippen LogP contribution in [0.1, 0.15) is 31.4 Å². The van der Waals surface area contributed by atoms with Crippen LogP contribution in [0.15, 0.2) is 12.1 Å². The molecule has 0 spiro atoms. The summed E-state index contributed by atoms with van der Waals surface area (Å²) < 4.78 is 53.5. The summed E-state index contributed by atoms with van der Waals surface area (Å²) >= 11 is 0. The molecular weight excluding hydrogens is 347 g/mol. The van der Waals surface area contributed by atoms with E-state index in [2.05, 4.69) is 18.6 Å². The van der Waals surface area contributed by atoms with Crippen molar-refractivity contribution in [1.29, 1.82) is 0 Å². The lowest BCUT2D eigenvalue weighted by Crippen LogP contribution is -2.48. The van der Waals surface area contributed by atoms with Gasteiger partial charge >= 0.3 is 0 Å². The number of ether oxygens (including phenoxy) is 2. The standard InChI is InChI=1S/C17H25FN2O4S/c1-12-5-13(2)9-20(8-12)25(21,22)19-4-3-14-6-16(18)7-15-10-23-11-24-17(14)15/h6-7,12-13,19H,3-5,8-11H2,1-2H3/t12-,13-/m1/s1. The largest absolute Gasteiger partial charge is 0.467 e.